The molecule has 5 nitrogen and oxygen atoms in total. The molecule has 1 aromatic rings. The lowest BCUT2D eigenvalue weighted by Gasteiger charge is -2.10. The van der Waals surface area contributed by atoms with Gasteiger partial charge in [-0.05, 0) is 18.4 Å². The smallest absolute Gasteiger partial charge is 0.308 e. The van der Waals surface area contributed by atoms with Gasteiger partial charge in [0.25, 0.3) is 0 Å². The first-order valence-electron chi connectivity index (χ1n) is 7.67. The minimum Gasteiger partial charge on any atom is -0.481 e. The second kappa shape index (κ2) is 10.8. The van der Waals surface area contributed by atoms with E-state index < -0.39 is 18.0 Å². The minimum absolute atomic E-state index is 0.00194. The molecule has 0 radical (unpaired) electrons. The maximum Gasteiger partial charge on any atom is 0.308 e. The van der Waals surface area contributed by atoms with E-state index in [1.165, 1.54) is 0 Å². The number of carboxylic acid groups (broad SMARTS) is 1. The molecule has 2 N–H and O–H groups in total. The third kappa shape index (κ3) is 9.13. The zero-order valence-corrected chi connectivity index (χ0v) is 12.7. The van der Waals surface area contributed by atoms with Crippen LogP contribution in [0.4, 0.5) is 0 Å². The molecule has 1 atom stereocenters. The number of ether oxygens (including phenoxy) is 1. The second-order valence-corrected chi connectivity index (χ2v) is 5.35. The molecule has 0 saturated carbocycles. The van der Waals surface area contributed by atoms with Crippen LogP contribution in [0, 0.1) is 0 Å². The summed E-state index contributed by atoms with van der Waals surface area (Å²) in [6, 6.07) is 9.40. The van der Waals surface area contributed by atoms with Crippen molar-refractivity contribution in [3.63, 3.8) is 0 Å². The molecule has 0 aliphatic heterocycles. The van der Waals surface area contributed by atoms with Gasteiger partial charge in [0, 0.05) is 6.42 Å². The fourth-order valence-electron chi connectivity index (χ4n) is 2.10. The number of aliphatic carboxylic acids is 1. The topological polar surface area (TPSA) is 83.8 Å². The number of aliphatic hydroxyl groups is 1. The van der Waals surface area contributed by atoms with Crippen molar-refractivity contribution < 1.29 is 24.5 Å². The van der Waals surface area contributed by atoms with Crippen LogP contribution in [0.1, 0.15) is 50.5 Å². The first-order chi connectivity index (χ1) is 10.6. The Balaban J connectivity index is 2.05. The lowest BCUT2D eigenvalue weighted by molar-refractivity contribution is -0.147. The van der Waals surface area contributed by atoms with Crippen LogP contribution in [0.2, 0.25) is 0 Å². The van der Waals surface area contributed by atoms with Crippen LogP contribution >= 0.6 is 0 Å². The van der Waals surface area contributed by atoms with E-state index >= 15 is 0 Å². The highest BCUT2D eigenvalue weighted by Crippen LogP contribution is 2.10. The maximum absolute atomic E-state index is 11.6. The van der Waals surface area contributed by atoms with Gasteiger partial charge in [-0.1, -0.05) is 49.6 Å². The van der Waals surface area contributed by atoms with Crippen LogP contribution in [-0.4, -0.2) is 28.3 Å². The summed E-state index contributed by atoms with van der Waals surface area (Å²) in [5, 5.41) is 18.3. The number of rotatable bonds is 11. The van der Waals surface area contributed by atoms with E-state index in [-0.39, 0.29) is 19.4 Å². The standard InChI is InChI=1S/C17H24O5/c18-15(10-6-1-2-7-11-16(19)20)12-17(21)22-13-14-8-4-3-5-9-14/h3-5,8-9,15,18H,1-2,6-7,10-13H2,(H,19,20)/t15-/m1/s1. The molecule has 0 aliphatic carbocycles. The van der Waals surface area contributed by atoms with Crippen molar-refractivity contribution in [2.75, 3.05) is 0 Å². The Morgan fingerprint density at radius 1 is 1.05 bits per heavy atom. The van der Waals surface area contributed by atoms with Crippen LogP contribution in [0.25, 0.3) is 0 Å². The number of benzene rings is 1. The monoisotopic (exact) mass is 308 g/mol. The van der Waals surface area contributed by atoms with Crippen molar-refractivity contribution in [3.8, 4) is 0 Å². The Morgan fingerprint density at radius 2 is 1.73 bits per heavy atom. The maximum atomic E-state index is 11.6. The highest BCUT2D eigenvalue weighted by atomic mass is 16.5. The SMILES string of the molecule is O=C(O)CCCCCC[C@@H](O)CC(=O)OCc1ccccc1. The Morgan fingerprint density at radius 3 is 2.41 bits per heavy atom. The van der Waals surface area contributed by atoms with Crippen molar-refractivity contribution in [2.24, 2.45) is 0 Å². The van der Waals surface area contributed by atoms with Gasteiger partial charge in [-0.25, -0.2) is 0 Å². The number of carbonyl (C=O) groups is 2. The number of unbranched alkanes of at least 4 members (excludes halogenated alkanes) is 3. The highest BCUT2D eigenvalue weighted by molar-refractivity contribution is 5.69. The summed E-state index contributed by atoms with van der Waals surface area (Å²) in [7, 11) is 0. The van der Waals surface area contributed by atoms with Crippen LogP contribution in [0.5, 0.6) is 0 Å². The number of aliphatic hydroxyl groups excluding tert-OH is 1. The summed E-state index contributed by atoms with van der Waals surface area (Å²) in [5.74, 6) is -1.18. The Kier molecular flexibility index (Phi) is 8.91. The van der Waals surface area contributed by atoms with Gasteiger partial charge >= 0.3 is 11.9 Å². The quantitative estimate of drug-likeness (QED) is 0.485. The molecule has 0 unspecified atom stereocenters. The van der Waals surface area contributed by atoms with Gasteiger partial charge in [-0.3, -0.25) is 9.59 Å². The summed E-state index contributed by atoms with van der Waals surface area (Å²) < 4.78 is 5.11. The summed E-state index contributed by atoms with van der Waals surface area (Å²) >= 11 is 0. The molecule has 0 bridgehead atoms. The van der Waals surface area contributed by atoms with E-state index in [0.29, 0.717) is 12.8 Å². The van der Waals surface area contributed by atoms with Gasteiger partial charge in [0.05, 0.1) is 12.5 Å². The molecule has 0 fully saturated rings. The van der Waals surface area contributed by atoms with Gasteiger partial charge in [-0.2, -0.15) is 0 Å². The average molecular weight is 308 g/mol. The van der Waals surface area contributed by atoms with Gasteiger partial charge in [-0.15, -0.1) is 0 Å². The fraction of sp³-hybridized carbons (Fsp3) is 0.529. The molecule has 0 saturated heterocycles. The van der Waals surface area contributed by atoms with Crippen molar-refractivity contribution in [3.05, 3.63) is 35.9 Å². The second-order valence-electron chi connectivity index (χ2n) is 5.35. The molecule has 0 amide bonds. The van der Waals surface area contributed by atoms with Crippen LogP contribution in [0.3, 0.4) is 0 Å². The molecule has 0 aliphatic rings. The normalized spacial score (nSPS) is 11.9. The zero-order valence-electron chi connectivity index (χ0n) is 12.7. The van der Waals surface area contributed by atoms with Crippen molar-refractivity contribution in [1.29, 1.82) is 0 Å². The predicted octanol–water partition coefficient (Wildman–Crippen LogP) is 2.91. The number of carboxylic acids is 1. The van der Waals surface area contributed by atoms with E-state index in [4.69, 9.17) is 9.84 Å². The average Bonchev–Trinajstić information content (AvgIpc) is 2.49. The molecular weight excluding hydrogens is 284 g/mol. The number of carbonyl (C=O) groups excluding carboxylic acids is 1. The molecule has 5 heteroatoms. The molecule has 22 heavy (non-hydrogen) atoms. The summed E-state index contributed by atoms with van der Waals surface area (Å²) in [5.41, 5.74) is 0.920. The molecule has 0 heterocycles. The Hall–Kier alpha value is -1.88. The summed E-state index contributed by atoms with van der Waals surface area (Å²) in [6.07, 6.45) is 3.17. The van der Waals surface area contributed by atoms with Crippen LogP contribution < -0.4 is 0 Å². The van der Waals surface area contributed by atoms with Crippen LogP contribution in [0.15, 0.2) is 30.3 Å². The molecule has 0 spiro atoms. The van der Waals surface area contributed by atoms with Crippen molar-refractivity contribution >= 4 is 11.9 Å². The largest absolute Gasteiger partial charge is 0.481 e. The molecular formula is C17H24O5. The number of hydrogen-bond donors (Lipinski definition) is 2. The van der Waals surface area contributed by atoms with E-state index in [1.54, 1.807) is 0 Å². The van der Waals surface area contributed by atoms with Gasteiger partial charge in [0.2, 0.25) is 0 Å². The highest BCUT2D eigenvalue weighted by Gasteiger charge is 2.12. The summed E-state index contributed by atoms with van der Waals surface area (Å²) in [6.45, 7) is 0.224. The molecule has 122 valence electrons. The third-order valence-corrected chi connectivity index (χ3v) is 3.32. The predicted molar refractivity (Wildman–Crippen MR) is 82.2 cm³/mol. The Bertz CT molecular complexity index is 444. The third-order valence-electron chi connectivity index (χ3n) is 3.32. The molecule has 0 aromatic heterocycles. The summed E-state index contributed by atoms with van der Waals surface area (Å²) in [4.78, 5) is 21.9. The van der Waals surface area contributed by atoms with E-state index in [2.05, 4.69) is 0 Å². The van der Waals surface area contributed by atoms with Gasteiger partial charge < -0.3 is 14.9 Å². The lowest BCUT2D eigenvalue weighted by atomic mass is 10.1. The first kappa shape index (κ1) is 18.2. The number of esters is 1. The minimum atomic E-state index is -0.777. The number of hydrogen-bond acceptors (Lipinski definition) is 4. The van der Waals surface area contributed by atoms with Gasteiger partial charge in [0.15, 0.2) is 0 Å². The molecule has 1 aromatic carbocycles. The van der Waals surface area contributed by atoms with Crippen molar-refractivity contribution in [2.45, 2.75) is 57.7 Å². The van der Waals surface area contributed by atoms with Crippen LogP contribution in [-0.2, 0) is 20.9 Å². The van der Waals surface area contributed by atoms with Crippen molar-refractivity contribution in [1.82, 2.24) is 0 Å². The van der Waals surface area contributed by atoms with Gasteiger partial charge in [0.1, 0.15) is 6.61 Å². The lowest BCUT2D eigenvalue weighted by Crippen LogP contribution is -2.15. The Labute approximate surface area is 130 Å². The van der Waals surface area contributed by atoms with E-state index in [0.717, 1.165) is 24.8 Å². The van der Waals surface area contributed by atoms with E-state index in [9.17, 15) is 14.7 Å². The zero-order chi connectivity index (χ0) is 16.2. The first-order valence-corrected chi connectivity index (χ1v) is 7.67. The van der Waals surface area contributed by atoms with E-state index in [1.807, 2.05) is 30.3 Å². The molecule has 1 rings (SSSR count). The fourth-order valence-corrected chi connectivity index (χ4v) is 2.10.